The zero-order valence-electron chi connectivity index (χ0n) is 18.0. The third-order valence-corrected chi connectivity index (χ3v) is 5.77. The minimum absolute atomic E-state index is 0.0354. The molecule has 3 heterocycles. The molecule has 164 valence electrons. The highest BCUT2D eigenvalue weighted by Crippen LogP contribution is 2.31. The first-order valence-electron chi connectivity index (χ1n) is 10.6. The number of carbonyl (C=O) groups is 1. The number of carbonyl (C=O) groups excluding carboxylic acids is 1. The number of aryl methyl sites for hydroxylation is 1. The number of hydrogen-bond acceptors (Lipinski definition) is 5. The van der Waals surface area contributed by atoms with E-state index in [0.29, 0.717) is 12.5 Å². The van der Waals surface area contributed by atoms with Crippen molar-refractivity contribution in [3.05, 3.63) is 64.9 Å². The van der Waals surface area contributed by atoms with Crippen LogP contribution in [0, 0.1) is 12.7 Å². The zero-order valence-corrected chi connectivity index (χ0v) is 18.0. The Bertz CT molecular complexity index is 1040. The molecule has 4 rings (SSSR count). The lowest BCUT2D eigenvalue weighted by Crippen LogP contribution is -2.34. The van der Waals surface area contributed by atoms with Crippen LogP contribution in [-0.4, -0.2) is 52.2 Å². The molecule has 1 fully saturated rings. The van der Waals surface area contributed by atoms with Gasteiger partial charge < -0.3 is 10.1 Å². The second kappa shape index (κ2) is 9.53. The van der Waals surface area contributed by atoms with Gasteiger partial charge in [0.1, 0.15) is 12.4 Å². The highest BCUT2D eigenvalue weighted by atomic mass is 19.1. The van der Waals surface area contributed by atoms with Gasteiger partial charge in [0.05, 0.1) is 11.4 Å². The molecular weight excluding hydrogens is 397 g/mol. The van der Waals surface area contributed by atoms with Crippen molar-refractivity contribution in [1.82, 2.24) is 24.8 Å². The van der Waals surface area contributed by atoms with Crippen LogP contribution in [0.5, 0.6) is 0 Å². The van der Waals surface area contributed by atoms with Gasteiger partial charge in [0.2, 0.25) is 5.91 Å². The molecule has 1 aliphatic heterocycles. The van der Waals surface area contributed by atoms with Crippen molar-refractivity contribution in [2.75, 3.05) is 26.8 Å². The van der Waals surface area contributed by atoms with Crippen molar-refractivity contribution in [2.24, 2.45) is 0 Å². The number of methoxy groups -OCH3 is 1. The van der Waals surface area contributed by atoms with E-state index in [1.165, 1.54) is 19.2 Å². The molecular formula is C23H28FN5O2. The summed E-state index contributed by atoms with van der Waals surface area (Å²) in [6.07, 6.45) is 3.82. The summed E-state index contributed by atoms with van der Waals surface area (Å²) in [7, 11) is 1.50. The van der Waals surface area contributed by atoms with Crippen LogP contribution in [0.1, 0.15) is 41.3 Å². The Morgan fingerprint density at radius 1 is 1.26 bits per heavy atom. The maximum Gasteiger partial charge on any atom is 0.246 e. The molecule has 0 spiro atoms. The van der Waals surface area contributed by atoms with Gasteiger partial charge in [-0.2, -0.15) is 5.10 Å². The number of aromatic nitrogens is 3. The number of piperidine rings is 1. The largest absolute Gasteiger partial charge is 0.375 e. The van der Waals surface area contributed by atoms with Gasteiger partial charge in [0, 0.05) is 43.9 Å². The van der Waals surface area contributed by atoms with Crippen LogP contribution in [0.2, 0.25) is 0 Å². The first-order chi connectivity index (χ1) is 15.0. The Hall–Kier alpha value is -2.84. The molecule has 1 aliphatic rings. The van der Waals surface area contributed by atoms with Crippen LogP contribution in [0.3, 0.4) is 0 Å². The van der Waals surface area contributed by atoms with Crippen LogP contribution in [0.15, 0.2) is 36.5 Å². The first-order valence-corrected chi connectivity index (χ1v) is 10.6. The molecule has 2 aromatic heterocycles. The smallest absolute Gasteiger partial charge is 0.246 e. The number of likely N-dealkylation sites (tertiary alicyclic amines) is 1. The Morgan fingerprint density at radius 3 is 2.71 bits per heavy atom. The van der Waals surface area contributed by atoms with Gasteiger partial charge in [0.25, 0.3) is 0 Å². The summed E-state index contributed by atoms with van der Waals surface area (Å²) in [6.45, 7) is 5.11. The molecule has 1 aromatic carbocycles. The first kappa shape index (κ1) is 21.4. The predicted octanol–water partition coefficient (Wildman–Crippen LogP) is 2.82. The predicted molar refractivity (Wildman–Crippen MR) is 115 cm³/mol. The van der Waals surface area contributed by atoms with Gasteiger partial charge in [-0.05, 0) is 50.6 Å². The van der Waals surface area contributed by atoms with E-state index in [9.17, 15) is 9.18 Å². The van der Waals surface area contributed by atoms with Crippen LogP contribution < -0.4 is 5.32 Å². The van der Waals surface area contributed by atoms with E-state index >= 15 is 0 Å². The van der Waals surface area contributed by atoms with Gasteiger partial charge in [0.15, 0.2) is 5.65 Å². The Balaban J connectivity index is 1.50. The number of benzene rings is 1. The molecule has 0 atom stereocenters. The van der Waals surface area contributed by atoms with Gasteiger partial charge >= 0.3 is 0 Å². The van der Waals surface area contributed by atoms with E-state index in [2.05, 4.69) is 20.3 Å². The Kier molecular flexibility index (Phi) is 6.58. The molecule has 1 saturated heterocycles. The topological polar surface area (TPSA) is 71.8 Å². The third kappa shape index (κ3) is 5.08. The van der Waals surface area contributed by atoms with Crippen LogP contribution in [-0.2, 0) is 22.6 Å². The second-order valence-corrected chi connectivity index (χ2v) is 8.11. The van der Waals surface area contributed by atoms with Gasteiger partial charge in [-0.15, -0.1) is 0 Å². The molecule has 3 aromatic rings. The normalized spacial score (nSPS) is 15.5. The SMILES string of the molecule is COCC(=O)NCc1cnc2cc(C)nn2c1C1CCN(Cc2ccc(F)cc2)CC1. The maximum atomic E-state index is 13.2. The van der Waals surface area contributed by atoms with Crippen molar-refractivity contribution < 1.29 is 13.9 Å². The molecule has 1 N–H and O–H groups in total. The van der Waals surface area contributed by atoms with Crippen LogP contribution in [0.4, 0.5) is 4.39 Å². The number of hydrogen-bond donors (Lipinski definition) is 1. The monoisotopic (exact) mass is 425 g/mol. The summed E-state index contributed by atoms with van der Waals surface area (Å²) >= 11 is 0. The number of ether oxygens (including phenoxy) is 1. The quantitative estimate of drug-likeness (QED) is 0.630. The molecule has 0 radical (unpaired) electrons. The standard InChI is InChI=1S/C23H28FN5O2/c1-16-11-21-25-12-19(13-26-22(30)15-31-2)23(29(21)27-16)18-7-9-28(10-8-18)14-17-3-5-20(24)6-4-17/h3-6,11-12,18H,7-10,13-15H2,1-2H3,(H,26,30). The van der Waals surface area contributed by atoms with Gasteiger partial charge in [-0.3, -0.25) is 9.69 Å². The summed E-state index contributed by atoms with van der Waals surface area (Å²) in [5, 5.41) is 7.59. The van der Waals surface area contributed by atoms with E-state index in [1.807, 2.05) is 35.8 Å². The summed E-state index contributed by atoms with van der Waals surface area (Å²) in [5.41, 5.74) is 4.97. The number of amides is 1. The Labute approximate surface area is 181 Å². The molecule has 1 amide bonds. The summed E-state index contributed by atoms with van der Waals surface area (Å²) in [6, 6.07) is 8.70. The van der Waals surface area contributed by atoms with E-state index in [0.717, 1.165) is 60.6 Å². The van der Waals surface area contributed by atoms with Gasteiger partial charge in [-0.25, -0.2) is 13.9 Å². The number of halogens is 1. The van der Waals surface area contributed by atoms with Crippen LogP contribution >= 0.6 is 0 Å². The second-order valence-electron chi connectivity index (χ2n) is 8.11. The number of nitrogens with one attached hydrogen (secondary N) is 1. The average Bonchev–Trinajstić information content (AvgIpc) is 3.14. The number of rotatable bonds is 7. The van der Waals surface area contributed by atoms with Crippen molar-refractivity contribution in [1.29, 1.82) is 0 Å². The van der Waals surface area contributed by atoms with Gasteiger partial charge in [-0.1, -0.05) is 12.1 Å². The lowest BCUT2D eigenvalue weighted by molar-refractivity contribution is -0.124. The molecule has 0 saturated carbocycles. The minimum Gasteiger partial charge on any atom is -0.375 e. The molecule has 8 heteroatoms. The average molecular weight is 426 g/mol. The molecule has 0 bridgehead atoms. The lowest BCUT2D eigenvalue weighted by Gasteiger charge is -2.33. The van der Waals surface area contributed by atoms with Crippen molar-refractivity contribution in [3.63, 3.8) is 0 Å². The number of fused-ring (bicyclic) bond motifs is 1. The van der Waals surface area contributed by atoms with E-state index < -0.39 is 0 Å². The van der Waals surface area contributed by atoms with E-state index in [4.69, 9.17) is 4.74 Å². The molecule has 0 aliphatic carbocycles. The van der Waals surface area contributed by atoms with Crippen molar-refractivity contribution >= 4 is 11.6 Å². The maximum absolute atomic E-state index is 13.2. The lowest BCUT2D eigenvalue weighted by atomic mass is 9.90. The van der Waals surface area contributed by atoms with E-state index in [-0.39, 0.29) is 18.3 Å². The van der Waals surface area contributed by atoms with Crippen LogP contribution in [0.25, 0.3) is 5.65 Å². The van der Waals surface area contributed by atoms with Crippen molar-refractivity contribution in [2.45, 2.75) is 38.8 Å². The van der Waals surface area contributed by atoms with Crippen molar-refractivity contribution in [3.8, 4) is 0 Å². The number of nitrogens with zero attached hydrogens (tertiary/aromatic N) is 4. The summed E-state index contributed by atoms with van der Waals surface area (Å²) in [5.74, 6) is -0.0355. The highest BCUT2D eigenvalue weighted by molar-refractivity contribution is 5.77. The Morgan fingerprint density at radius 2 is 2.00 bits per heavy atom. The minimum atomic E-state index is -0.205. The molecule has 31 heavy (non-hydrogen) atoms. The summed E-state index contributed by atoms with van der Waals surface area (Å²) < 4.78 is 20.0. The fourth-order valence-electron chi connectivity index (χ4n) is 4.26. The fourth-order valence-corrected chi connectivity index (χ4v) is 4.26. The zero-order chi connectivity index (χ0) is 21.8. The fraction of sp³-hybridized carbons (Fsp3) is 0.435. The van der Waals surface area contributed by atoms with E-state index in [1.54, 1.807) is 0 Å². The highest BCUT2D eigenvalue weighted by Gasteiger charge is 2.26. The molecule has 7 nitrogen and oxygen atoms in total. The molecule has 0 unspecified atom stereocenters. The third-order valence-electron chi connectivity index (χ3n) is 5.77. The summed E-state index contributed by atoms with van der Waals surface area (Å²) in [4.78, 5) is 18.8.